The zero-order valence-corrected chi connectivity index (χ0v) is 13.5. The maximum Gasteiger partial charge on any atom is 0.410 e. The van der Waals surface area contributed by atoms with Crippen molar-refractivity contribution in [1.29, 1.82) is 0 Å². The van der Waals surface area contributed by atoms with Crippen LogP contribution in [0.5, 0.6) is 0 Å². The molecule has 1 heterocycles. The van der Waals surface area contributed by atoms with Crippen molar-refractivity contribution in [3.63, 3.8) is 0 Å². The molecule has 1 aliphatic rings. The molecule has 0 spiro atoms. The quantitative estimate of drug-likeness (QED) is 0.587. The fourth-order valence-corrected chi connectivity index (χ4v) is 2.45. The predicted octanol–water partition coefficient (Wildman–Crippen LogP) is 2.15. The largest absolute Gasteiger partial charge is 0.468 e. The molecule has 21 heavy (non-hydrogen) atoms. The first kappa shape index (κ1) is 17.5. The van der Waals surface area contributed by atoms with Crippen molar-refractivity contribution < 1.29 is 23.9 Å². The number of Topliss-reactive ketones (excluding diaryl/α,β-unsaturated/α-hetero) is 1. The van der Waals surface area contributed by atoms with Crippen molar-refractivity contribution in [2.45, 2.75) is 58.6 Å². The number of likely N-dealkylation sites (tertiary alicyclic amines) is 1. The van der Waals surface area contributed by atoms with Gasteiger partial charge in [0.05, 0.1) is 19.7 Å². The zero-order valence-electron chi connectivity index (χ0n) is 13.5. The minimum atomic E-state index is -0.894. The lowest BCUT2D eigenvalue weighted by Gasteiger charge is -2.29. The monoisotopic (exact) mass is 299 g/mol. The van der Waals surface area contributed by atoms with Gasteiger partial charge >= 0.3 is 12.1 Å². The van der Waals surface area contributed by atoms with Gasteiger partial charge in [0, 0.05) is 0 Å². The average molecular weight is 299 g/mol. The first-order valence-corrected chi connectivity index (χ1v) is 7.31. The fraction of sp³-hybridized carbons (Fsp3) is 0.800. The van der Waals surface area contributed by atoms with Crippen LogP contribution < -0.4 is 0 Å². The van der Waals surface area contributed by atoms with Crippen molar-refractivity contribution in [3.05, 3.63) is 0 Å². The number of hydrogen-bond acceptors (Lipinski definition) is 5. The number of carbonyl (C=O) groups excluding carboxylic acids is 3. The molecule has 0 bridgehead atoms. The Balaban J connectivity index is 2.94. The molecule has 0 unspecified atom stereocenters. The highest BCUT2D eigenvalue weighted by Crippen LogP contribution is 2.28. The lowest BCUT2D eigenvalue weighted by Crippen LogP contribution is -2.42. The van der Waals surface area contributed by atoms with Crippen molar-refractivity contribution in [2.75, 3.05) is 13.7 Å². The second-order valence-corrected chi connectivity index (χ2v) is 6.28. The smallest absolute Gasteiger partial charge is 0.410 e. The lowest BCUT2D eigenvalue weighted by molar-refractivity contribution is -0.148. The van der Waals surface area contributed by atoms with Crippen LogP contribution in [0, 0.1) is 5.92 Å². The number of methoxy groups -OCH3 is 1. The first-order valence-electron chi connectivity index (χ1n) is 7.31. The molecule has 6 nitrogen and oxygen atoms in total. The Bertz CT molecular complexity index is 413. The summed E-state index contributed by atoms with van der Waals surface area (Å²) >= 11 is 0. The van der Waals surface area contributed by atoms with E-state index in [4.69, 9.17) is 9.47 Å². The number of hydrogen-bond donors (Lipinski definition) is 0. The van der Waals surface area contributed by atoms with Crippen LogP contribution in [0.15, 0.2) is 0 Å². The number of ether oxygens (including phenoxy) is 2. The van der Waals surface area contributed by atoms with Crippen LogP contribution in [-0.4, -0.2) is 48.0 Å². The van der Waals surface area contributed by atoms with E-state index in [1.54, 1.807) is 20.8 Å². The Hall–Kier alpha value is -1.59. The van der Waals surface area contributed by atoms with E-state index < -0.39 is 29.6 Å². The molecule has 120 valence electrons. The molecule has 0 radical (unpaired) electrons. The second-order valence-electron chi connectivity index (χ2n) is 6.28. The normalized spacial score (nSPS) is 22.3. The van der Waals surface area contributed by atoms with E-state index >= 15 is 0 Å². The predicted molar refractivity (Wildman–Crippen MR) is 76.8 cm³/mol. The van der Waals surface area contributed by atoms with E-state index in [0.29, 0.717) is 6.42 Å². The summed E-state index contributed by atoms with van der Waals surface area (Å²) in [7, 11) is 1.25. The summed E-state index contributed by atoms with van der Waals surface area (Å²) in [6, 6.07) is -0.472. The van der Waals surface area contributed by atoms with Crippen LogP contribution >= 0.6 is 0 Å². The minimum Gasteiger partial charge on any atom is -0.468 e. The number of esters is 1. The summed E-state index contributed by atoms with van der Waals surface area (Å²) in [5, 5.41) is 0. The molecule has 1 aliphatic heterocycles. The summed E-state index contributed by atoms with van der Waals surface area (Å²) in [5.41, 5.74) is -0.640. The highest BCUT2D eigenvalue weighted by Gasteiger charge is 2.48. The van der Waals surface area contributed by atoms with Crippen LogP contribution in [0.25, 0.3) is 0 Å². The van der Waals surface area contributed by atoms with Gasteiger partial charge in [0.25, 0.3) is 0 Å². The van der Waals surface area contributed by atoms with Crippen molar-refractivity contribution in [1.82, 2.24) is 4.90 Å². The molecule has 0 aromatic rings. The maximum atomic E-state index is 12.2. The second kappa shape index (κ2) is 6.91. The van der Waals surface area contributed by atoms with Gasteiger partial charge in [-0.05, 0) is 27.2 Å². The Morgan fingerprint density at radius 2 is 1.95 bits per heavy atom. The van der Waals surface area contributed by atoms with Crippen molar-refractivity contribution >= 4 is 17.8 Å². The van der Waals surface area contributed by atoms with E-state index in [-0.39, 0.29) is 12.3 Å². The van der Waals surface area contributed by atoms with E-state index in [1.165, 1.54) is 12.0 Å². The minimum absolute atomic E-state index is 0.0942. The summed E-state index contributed by atoms with van der Waals surface area (Å²) in [6.07, 6.45) is 1.77. The number of rotatable bonds is 4. The van der Waals surface area contributed by atoms with Gasteiger partial charge in [-0.1, -0.05) is 19.8 Å². The molecule has 1 saturated heterocycles. The van der Waals surface area contributed by atoms with Gasteiger partial charge in [-0.15, -0.1) is 0 Å². The number of amides is 1. The van der Waals surface area contributed by atoms with Gasteiger partial charge in [-0.25, -0.2) is 4.79 Å². The third kappa shape index (κ3) is 4.44. The van der Waals surface area contributed by atoms with Crippen LogP contribution in [0.4, 0.5) is 4.79 Å². The van der Waals surface area contributed by atoms with E-state index in [9.17, 15) is 14.4 Å². The Morgan fingerprint density at radius 3 is 2.43 bits per heavy atom. The molecule has 0 aromatic heterocycles. The molecule has 0 aromatic carbocycles. The van der Waals surface area contributed by atoms with Gasteiger partial charge in [0.2, 0.25) is 0 Å². The van der Waals surface area contributed by atoms with Gasteiger partial charge in [0.15, 0.2) is 5.78 Å². The zero-order chi connectivity index (χ0) is 16.2. The summed E-state index contributed by atoms with van der Waals surface area (Å²) in [6.45, 7) is 7.22. The van der Waals surface area contributed by atoms with Gasteiger partial charge < -0.3 is 9.47 Å². The van der Waals surface area contributed by atoms with Crippen LogP contribution in [0.3, 0.4) is 0 Å². The molecule has 0 saturated carbocycles. The molecule has 2 atom stereocenters. The molecular formula is C15H25NO5. The van der Waals surface area contributed by atoms with Crippen molar-refractivity contribution in [3.8, 4) is 0 Å². The van der Waals surface area contributed by atoms with Gasteiger partial charge in [0.1, 0.15) is 11.5 Å². The topological polar surface area (TPSA) is 72.9 Å². The summed E-state index contributed by atoms with van der Waals surface area (Å²) < 4.78 is 10.0. The molecule has 1 fully saturated rings. The Kier molecular flexibility index (Phi) is 5.75. The Morgan fingerprint density at radius 1 is 1.33 bits per heavy atom. The summed E-state index contributed by atoms with van der Waals surface area (Å²) in [5.74, 6) is -1.75. The number of ketones is 1. The van der Waals surface area contributed by atoms with E-state index in [0.717, 1.165) is 12.8 Å². The highest BCUT2D eigenvalue weighted by atomic mass is 16.6. The van der Waals surface area contributed by atoms with Crippen LogP contribution in [0.2, 0.25) is 0 Å². The molecule has 1 rings (SSSR count). The highest BCUT2D eigenvalue weighted by molar-refractivity contribution is 6.04. The van der Waals surface area contributed by atoms with Crippen LogP contribution in [0.1, 0.15) is 47.0 Å². The molecule has 0 aliphatic carbocycles. The molecule has 1 amide bonds. The SMILES string of the molecule is CCCC[C@@H]1[C@@H](C(=O)OC)C(=O)CN1C(=O)OC(C)(C)C. The lowest BCUT2D eigenvalue weighted by atomic mass is 9.95. The number of unbranched alkanes of at least 4 members (excludes halogenated alkanes) is 1. The van der Waals surface area contributed by atoms with Gasteiger partial charge in [-0.2, -0.15) is 0 Å². The summed E-state index contributed by atoms with van der Waals surface area (Å²) in [4.78, 5) is 37.5. The fourth-order valence-electron chi connectivity index (χ4n) is 2.45. The average Bonchev–Trinajstić information content (AvgIpc) is 2.70. The van der Waals surface area contributed by atoms with Gasteiger partial charge in [-0.3, -0.25) is 14.5 Å². The standard InChI is InChI=1S/C15H25NO5/c1-6-7-8-10-12(13(18)20-5)11(17)9-16(10)14(19)21-15(2,3)4/h10,12H,6-9H2,1-5H3/t10-,12-/m1/s1. The number of carbonyl (C=O) groups is 3. The van der Waals surface area contributed by atoms with E-state index in [2.05, 4.69) is 0 Å². The maximum absolute atomic E-state index is 12.2. The molecular weight excluding hydrogens is 274 g/mol. The first-order chi connectivity index (χ1) is 9.71. The third-order valence-electron chi connectivity index (χ3n) is 3.39. The third-order valence-corrected chi connectivity index (χ3v) is 3.39. The van der Waals surface area contributed by atoms with Crippen molar-refractivity contribution in [2.24, 2.45) is 5.92 Å². The molecule has 0 N–H and O–H groups in total. The van der Waals surface area contributed by atoms with E-state index in [1.807, 2.05) is 6.92 Å². The number of nitrogens with zero attached hydrogens (tertiary/aromatic N) is 1. The Labute approximate surface area is 125 Å². The van der Waals surface area contributed by atoms with Crippen LogP contribution in [-0.2, 0) is 19.1 Å². The molecule has 6 heteroatoms.